The maximum absolute atomic E-state index is 6.15. The number of nitrogens with zero attached hydrogens (tertiary/aromatic N) is 2. The van der Waals surface area contributed by atoms with Crippen LogP contribution < -0.4 is 4.74 Å². The molecule has 0 N–H and O–H groups in total. The number of hydrogen-bond donors (Lipinski definition) is 0. The molecule has 136 valence electrons. The van der Waals surface area contributed by atoms with Gasteiger partial charge in [0.1, 0.15) is 5.75 Å². The number of aliphatic imine (C=N–C) groups is 1. The molecular formula is C23H28N2O. The summed E-state index contributed by atoms with van der Waals surface area (Å²) >= 11 is 0. The van der Waals surface area contributed by atoms with Crippen LogP contribution in [0, 0.1) is 5.41 Å². The first-order valence-electron chi connectivity index (χ1n) is 9.46. The first kappa shape index (κ1) is 18.4. The molecule has 2 aromatic rings. The molecule has 2 heterocycles. The predicted octanol–water partition coefficient (Wildman–Crippen LogP) is 5.72. The van der Waals surface area contributed by atoms with Crippen LogP contribution in [0.3, 0.4) is 0 Å². The van der Waals surface area contributed by atoms with Crippen molar-refractivity contribution in [2.24, 2.45) is 10.4 Å². The average molecular weight is 348 g/mol. The fraction of sp³-hybridized carbons (Fsp3) is 0.391. The van der Waals surface area contributed by atoms with Crippen LogP contribution in [0.4, 0.5) is 0 Å². The normalized spacial score (nSPS) is 13.7. The minimum absolute atomic E-state index is 0.276. The zero-order valence-corrected chi connectivity index (χ0v) is 15.8. The SMILES string of the molecule is CC(C)(CCCc1ccncc1)CCOc1ccccc1C1=CN=CC1. The van der Waals surface area contributed by atoms with Crippen LogP contribution >= 0.6 is 0 Å². The first-order chi connectivity index (χ1) is 12.6. The Morgan fingerprint density at radius 1 is 1.04 bits per heavy atom. The summed E-state index contributed by atoms with van der Waals surface area (Å²) in [6, 6.07) is 12.5. The summed E-state index contributed by atoms with van der Waals surface area (Å²) in [5.74, 6) is 0.969. The lowest BCUT2D eigenvalue weighted by Crippen LogP contribution is -2.16. The third-order valence-corrected chi connectivity index (χ3v) is 4.98. The molecule has 0 saturated heterocycles. The van der Waals surface area contributed by atoms with E-state index in [1.54, 1.807) is 0 Å². The number of benzene rings is 1. The molecular weight excluding hydrogens is 320 g/mol. The lowest BCUT2D eigenvalue weighted by Gasteiger charge is -2.25. The zero-order chi connectivity index (χ0) is 18.2. The van der Waals surface area contributed by atoms with E-state index >= 15 is 0 Å². The molecule has 1 aromatic carbocycles. The van der Waals surface area contributed by atoms with Crippen molar-refractivity contribution in [3.63, 3.8) is 0 Å². The number of aromatic nitrogens is 1. The number of aryl methyl sites for hydroxylation is 1. The number of ether oxygens (including phenoxy) is 1. The maximum Gasteiger partial charge on any atom is 0.126 e. The molecule has 3 heteroatoms. The van der Waals surface area contributed by atoms with E-state index < -0.39 is 0 Å². The molecule has 0 unspecified atom stereocenters. The Bertz CT molecular complexity index is 763. The van der Waals surface area contributed by atoms with E-state index in [1.165, 1.54) is 29.5 Å². The molecule has 26 heavy (non-hydrogen) atoms. The Morgan fingerprint density at radius 3 is 2.62 bits per heavy atom. The van der Waals surface area contributed by atoms with Crippen molar-refractivity contribution < 1.29 is 4.74 Å². The van der Waals surface area contributed by atoms with Gasteiger partial charge in [-0.1, -0.05) is 32.0 Å². The van der Waals surface area contributed by atoms with Crippen molar-refractivity contribution >= 4 is 11.8 Å². The standard InChI is InChI=1S/C23H28N2O/c1-23(2,12-5-6-19-9-14-24-15-10-19)13-17-26-22-8-4-3-7-21(22)20-11-16-25-18-20/h3-4,7-10,14-16,18H,5-6,11-13,17H2,1-2H3. The highest BCUT2D eigenvalue weighted by atomic mass is 16.5. The summed E-state index contributed by atoms with van der Waals surface area (Å²) in [5, 5.41) is 0. The number of para-hydroxylation sites is 1. The Labute approximate surface area is 156 Å². The van der Waals surface area contributed by atoms with Gasteiger partial charge >= 0.3 is 0 Å². The van der Waals surface area contributed by atoms with E-state index in [-0.39, 0.29) is 5.41 Å². The van der Waals surface area contributed by atoms with Gasteiger partial charge in [-0.15, -0.1) is 0 Å². The van der Waals surface area contributed by atoms with Gasteiger partial charge in [0, 0.05) is 36.8 Å². The number of hydrogen-bond acceptors (Lipinski definition) is 3. The van der Waals surface area contributed by atoms with Gasteiger partial charge in [-0.2, -0.15) is 0 Å². The summed E-state index contributed by atoms with van der Waals surface area (Å²) in [6.07, 6.45) is 13.1. The van der Waals surface area contributed by atoms with E-state index in [9.17, 15) is 0 Å². The quantitative estimate of drug-likeness (QED) is 0.581. The Balaban J connectivity index is 1.46. The van der Waals surface area contributed by atoms with Crippen LogP contribution in [0.5, 0.6) is 5.75 Å². The second kappa shape index (κ2) is 8.79. The maximum atomic E-state index is 6.15. The largest absolute Gasteiger partial charge is 0.493 e. The molecule has 0 bridgehead atoms. The lowest BCUT2D eigenvalue weighted by molar-refractivity contribution is 0.214. The summed E-state index contributed by atoms with van der Waals surface area (Å²) in [4.78, 5) is 8.29. The van der Waals surface area contributed by atoms with E-state index in [1.807, 2.05) is 30.9 Å². The smallest absolute Gasteiger partial charge is 0.126 e. The van der Waals surface area contributed by atoms with Crippen molar-refractivity contribution in [2.45, 2.75) is 46.0 Å². The van der Waals surface area contributed by atoms with Gasteiger partial charge in [0.2, 0.25) is 0 Å². The van der Waals surface area contributed by atoms with Crippen LogP contribution in [-0.2, 0) is 6.42 Å². The second-order valence-electron chi connectivity index (χ2n) is 7.66. The van der Waals surface area contributed by atoms with Crippen LogP contribution in [0.2, 0.25) is 0 Å². The third-order valence-electron chi connectivity index (χ3n) is 4.98. The van der Waals surface area contributed by atoms with Gasteiger partial charge < -0.3 is 4.74 Å². The first-order valence-corrected chi connectivity index (χ1v) is 9.46. The van der Waals surface area contributed by atoms with Crippen LogP contribution in [0.1, 0.15) is 50.7 Å². The molecule has 1 aromatic heterocycles. The average Bonchev–Trinajstić information content (AvgIpc) is 3.17. The zero-order valence-electron chi connectivity index (χ0n) is 15.8. The minimum atomic E-state index is 0.276. The van der Waals surface area contributed by atoms with Crippen LogP contribution in [0.15, 0.2) is 60.0 Å². The summed E-state index contributed by atoms with van der Waals surface area (Å²) in [6.45, 7) is 5.41. The Kier molecular flexibility index (Phi) is 6.21. The highest BCUT2D eigenvalue weighted by Gasteiger charge is 2.18. The monoisotopic (exact) mass is 348 g/mol. The van der Waals surface area contributed by atoms with Gasteiger partial charge in [0.05, 0.1) is 6.61 Å². The van der Waals surface area contributed by atoms with Gasteiger partial charge in [0.15, 0.2) is 0 Å². The van der Waals surface area contributed by atoms with Crippen molar-refractivity contribution in [1.82, 2.24) is 4.98 Å². The summed E-state index contributed by atoms with van der Waals surface area (Å²) in [5.41, 5.74) is 4.04. The summed E-state index contributed by atoms with van der Waals surface area (Å²) < 4.78 is 6.15. The van der Waals surface area contributed by atoms with Gasteiger partial charge in [-0.3, -0.25) is 9.98 Å². The molecule has 3 rings (SSSR count). The molecule has 0 radical (unpaired) electrons. The Morgan fingerprint density at radius 2 is 1.85 bits per heavy atom. The van der Waals surface area contributed by atoms with Crippen molar-refractivity contribution in [1.29, 1.82) is 0 Å². The molecule has 0 aliphatic carbocycles. The Hall–Kier alpha value is -2.42. The fourth-order valence-electron chi connectivity index (χ4n) is 3.27. The van der Waals surface area contributed by atoms with Gasteiger partial charge in [-0.05, 0) is 60.4 Å². The molecule has 1 aliphatic heterocycles. The van der Waals surface area contributed by atoms with Gasteiger partial charge in [0.25, 0.3) is 0 Å². The van der Waals surface area contributed by atoms with E-state index in [0.717, 1.165) is 31.6 Å². The second-order valence-corrected chi connectivity index (χ2v) is 7.66. The summed E-state index contributed by atoms with van der Waals surface area (Å²) in [7, 11) is 0. The molecule has 0 spiro atoms. The molecule has 1 aliphatic rings. The topological polar surface area (TPSA) is 34.5 Å². The number of pyridine rings is 1. The van der Waals surface area contributed by atoms with Gasteiger partial charge in [-0.25, -0.2) is 0 Å². The van der Waals surface area contributed by atoms with E-state index in [2.05, 4.69) is 54.2 Å². The molecule has 0 fully saturated rings. The highest BCUT2D eigenvalue weighted by Crippen LogP contribution is 2.31. The van der Waals surface area contributed by atoms with E-state index in [4.69, 9.17) is 4.74 Å². The molecule has 0 amide bonds. The van der Waals surface area contributed by atoms with Crippen molar-refractivity contribution in [2.75, 3.05) is 6.61 Å². The van der Waals surface area contributed by atoms with E-state index in [0.29, 0.717) is 0 Å². The molecule has 3 nitrogen and oxygen atoms in total. The minimum Gasteiger partial charge on any atom is -0.493 e. The highest BCUT2D eigenvalue weighted by molar-refractivity contribution is 5.86. The number of allylic oxidation sites excluding steroid dienone is 1. The van der Waals surface area contributed by atoms with Crippen molar-refractivity contribution in [3.05, 3.63) is 66.1 Å². The third kappa shape index (κ3) is 5.29. The lowest BCUT2D eigenvalue weighted by atomic mass is 9.84. The van der Waals surface area contributed by atoms with Crippen LogP contribution in [0.25, 0.3) is 5.57 Å². The molecule has 0 atom stereocenters. The van der Waals surface area contributed by atoms with Crippen LogP contribution in [-0.4, -0.2) is 17.8 Å². The fourth-order valence-corrected chi connectivity index (χ4v) is 3.27. The van der Waals surface area contributed by atoms with Crippen molar-refractivity contribution in [3.8, 4) is 5.75 Å². The predicted molar refractivity (Wildman–Crippen MR) is 109 cm³/mol. The number of rotatable bonds is 9. The molecule has 0 saturated carbocycles.